The van der Waals surface area contributed by atoms with Gasteiger partial charge in [-0.3, -0.25) is 4.79 Å². The van der Waals surface area contributed by atoms with Gasteiger partial charge in [-0.25, -0.2) is 0 Å². The van der Waals surface area contributed by atoms with Crippen LogP contribution in [0.3, 0.4) is 0 Å². The standard InChI is InChI=1S/C17H28N2O/c1-5-6-12-19-16(20)11-13-18-15-10-8-7-9-14(15)17(2,3)4/h7-10,18H,5-6,11-13H2,1-4H3,(H,19,20). The zero-order chi connectivity index (χ0) is 15.0. The van der Waals surface area contributed by atoms with Crippen LogP contribution in [0.2, 0.25) is 0 Å². The first kappa shape index (κ1) is 16.5. The van der Waals surface area contributed by atoms with Gasteiger partial charge < -0.3 is 10.6 Å². The van der Waals surface area contributed by atoms with E-state index in [2.05, 4.69) is 56.5 Å². The van der Waals surface area contributed by atoms with Crippen molar-refractivity contribution in [1.82, 2.24) is 5.32 Å². The number of para-hydroxylation sites is 1. The predicted octanol–water partition coefficient (Wildman–Crippen LogP) is 3.70. The topological polar surface area (TPSA) is 41.1 Å². The molecule has 0 atom stereocenters. The minimum atomic E-state index is 0.104. The van der Waals surface area contributed by atoms with E-state index >= 15 is 0 Å². The van der Waals surface area contributed by atoms with E-state index in [1.807, 2.05) is 6.07 Å². The first-order valence-electron chi connectivity index (χ1n) is 7.55. The van der Waals surface area contributed by atoms with Crippen LogP contribution in [0, 0.1) is 0 Å². The van der Waals surface area contributed by atoms with Crippen LogP contribution in [0.4, 0.5) is 5.69 Å². The molecule has 0 saturated heterocycles. The van der Waals surface area contributed by atoms with Crippen LogP contribution < -0.4 is 10.6 Å². The smallest absolute Gasteiger partial charge is 0.221 e. The van der Waals surface area contributed by atoms with Gasteiger partial charge in [0.15, 0.2) is 0 Å². The maximum absolute atomic E-state index is 11.6. The number of hydrogen-bond donors (Lipinski definition) is 2. The Kier molecular flexibility index (Phi) is 6.56. The molecule has 0 aliphatic heterocycles. The van der Waals surface area contributed by atoms with E-state index in [0.29, 0.717) is 13.0 Å². The second-order valence-corrected chi connectivity index (χ2v) is 6.18. The van der Waals surface area contributed by atoms with E-state index in [9.17, 15) is 4.79 Å². The van der Waals surface area contributed by atoms with Crippen molar-refractivity contribution in [3.05, 3.63) is 29.8 Å². The first-order chi connectivity index (χ1) is 9.45. The summed E-state index contributed by atoms with van der Waals surface area (Å²) < 4.78 is 0. The highest BCUT2D eigenvalue weighted by Crippen LogP contribution is 2.29. The molecule has 0 unspecified atom stereocenters. The molecular weight excluding hydrogens is 248 g/mol. The van der Waals surface area contributed by atoms with Crippen LogP contribution in [-0.4, -0.2) is 19.0 Å². The van der Waals surface area contributed by atoms with Gasteiger partial charge in [0.25, 0.3) is 0 Å². The molecular formula is C17H28N2O. The summed E-state index contributed by atoms with van der Waals surface area (Å²) in [7, 11) is 0. The number of nitrogens with one attached hydrogen (secondary N) is 2. The van der Waals surface area contributed by atoms with Crippen LogP contribution in [0.15, 0.2) is 24.3 Å². The van der Waals surface area contributed by atoms with Crippen LogP contribution in [0.5, 0.6) is 0 Å². The number of anilines is 1. The molecule has 1 amide bonds. The van der Waals surface area contributed by atoms with Crippen molar-refractivity contribution in [1.29, 1.82) is 0 Å². The fourth-order valence-electron chi connectivity index (χ4n) is 2.09. The Balaban J connectivity index is 2.45. The summed E-state index contributed by atoms with van der Waals surface area (Å²) in [5, 5.41) is 6.32. The number of amides is 1. The molecule has 3 nitrogen and oxygen atoms in total. The van der Waals surface area contributed by atoms with Crippen LogP contribution >= 0.6 is 0 Å². The Morgan fingerprint density at radius 3 is 2.50 bits per heavy atom. The van der Waals surface area contributed by atoms with Crippen molar-refractivity contribution in [2.24, 2.45) is 0 Å². The SMILES string of the molecule is CCCCNC(=O)CCNc1ccccc1C(C)(C)C. The molecule has 0 bridgehead atoms. The van der Waals surface area contributed by atoms with Crippen molar-refractivity contribution in [2.75, 3.05) is 18.4 Å². The Bertz CT molecular complexity index is 421. The molecule has 3 heteroatoms. The molecule has 0 aromatic heterocycles. The molecule has 0 fully saturated rings. The number of unbranched alkanes of at least 4 members (excludes halogenated alkanes) is 1. The lowest BCUT2D eigenvalue weighted by molar-refractivity contribution is -0.120. The lowest BCUT2D eigenvalue weighted by Gasteiger charge is -2.23. The number of carbonyl (C=O) groups is 1. The third kappa shape index (κ3) is 5.64. The van der Waals surface area contributed by atoms with E-state index in [-0.39, 0.29) is 11.3 Å². The van der Waals surface area contributed by atoms with Gasteiger partial charge >= 0.3 is 0 Å². The Labute approximate surface area is 123 Å². The highest BCUT2D eigenvalue weighted by atomic mass is 16.1. The van der Waals surface area contributed by atoms with Crippen LogP contribution in [0.25, 0.3) is 0 Å². The molecule has 0 spiro atoms. The fourth-order valence-corrected chi connectivity index (χ4v) is 2.09. The largest absolute Gasteiger partial charge is 0.384 e. The second-order valence-electron chi connectivity index (χ2n) is 6.18. The molecule has 0 saturated carbocycles. The zero-order valence-corrected chi connectivity index (χ0v) is 13.3. The number of rotatable bonds is 7. The summed E-state index contributed by atoms with van der Waals surface area (Å²) in [6.45, 7) is 10.2. The third-order valence-electron chi connectivity index (χ3n) is 3.26. The van der Waals surface area contributed by atoms with Crippen LogP contribution in [-0.2, 0) is 10.2 Å². The van der Waals surface area contributed by atoms with E-state index in [1.165, 1.54) is 5.56 Å². The van der Waals surface area contributed by atoms with Gasteiger partial charge in [-0.15, -0.1) is 0 Å². The summed E-state index contributed by atoms with van der Waals surface area (Å²) in [6.07, 6.45) is 2.67. The Morgan fingerprint density at radius 1 is 1.15 bits per heavy atom. The van der Waals surface area contributed by atoms with E-state index in [4.69, 9.17) is 0 Å². The quantitative estimate of drug-likeness (QED) is 0.746. The van der Waals surface area contributed by atoms with Crippen molar-refractivity contribution in [2.45, 2.75) is 52.4 Å². The van der Waals surface area contributed by atoms with Gasteiger partial charge in [-0.05, 0) is 23.5 Å². The highest BCUT2D eigenvalue weighted by molar-refractivity contribution is 5.76. The molecule has 2 N–H and O–H groups in total. The van der Waals surface area contributed by atoms with Gasteiger partial charge in [-0.2, -0.15) is 0 Å². The lowest BCUT2D eigenvalue weighted by atomic mass is 9.86. The number of benzene rings is 1. The average molecular weight is 276 g/mol. The van der Waals surface area contributed by atoms with Gasteiger partial charge in [0.1, 0.15) is 0 Å². The predicted molar refractivity (Wildman–Crippen MR) is 86.2 cm³/mol. The summed E-state index contributed by atoms with van der Waals surface area (Å²) in [6, 6.07) is 8.31. The Morgan fingerprint density at radius 2 is 1.85 bits per heavy atom. The monoisotopic (exact) mass is 276 g/mol. The summed E-state index contributed by atoms with van der Waals surface area (Å²) in [5.74, 6) is 0.124. The molecule has 0 aliphatic carbocycles. The minimum absolute atomic E-state index is 0.104. The van der Waals surface area contributed by atoms with Crippen molar-refractivity contribution >= 4 is 11.6 Å². The molecule has 1 aromatic rings. The minimum Gasteiger partial charge on any atom is -0.384 e. The van der Waals surface area contributed by atoms with Gasteiger partial charge in [-0.1, -0.05) is 52.3 Å². The van der Waals surface area contributed by atoms with E-state index in [0.717, 1.165) is 25.1 Å². The first-order valence-corrected chi connectivity index (χ1v) is 7.55. The lowest BCUT2D eigenvalue weighted by Crippen LogP contribution is -2.26. The molecule has 0 heterocycles. The highest BCUT2D eigenvalue weighted by Gasteiger charge is 2.17. The fraction of sp³-hybridized carbons (Fsp3) is 0.588. The molecule has 0 radical (unpaired) electrons. The van der Waals surface area contributed by atoms with Crippen molar-refractivity contribution in [3.8, 4) is 0 Å². The average Bonchev–Trinajstić information content (AvgIpc) is 2.38. The molecule has 20 heavy (non-hydrogen) atoms. The summed E-state index contributed by atoms with van der Waals surface area (Å²) >= 11 is 0. The molecule has 112 valence electrons. The third-order valence-corrected chi connectivity index (χ3v) is 3.26. The van der Waals surface area contributed by atoms with E-state index in [1.54, 1.807) is 0 Å². The molecule has 1 rings (SSSR count). The molecule has 1 aromatic carbocycles. The molecule has 0 aliphatic rings. The Hall–Kier alpha value is -1.51. The maximum Gasteiger partial charge on any atom is 0.221 e. The van der Waals surface area contributed by atoms with Crippen molar-refractivity contribution in [3.63, 3.8) is 0 Å². The summed E-state index contributed by atoms with van der Waals surface area (Å²) in [4.78, 5) is 11.6. The van der Waals surface area contributed by atoms with Crippen LogP contribution in [0.1, 0.15) is 52.5 Å². The van der Waals surface area contributed by atoms with Gasteiger partial charge in [0, 0.05) is 25.2 Å². The number of hydrogen-bond acceptors (Lipinski definition) is 2. The van der Waals surface area contributed by atoms with Gasteiger partial charge in [0.2, 0.25) is 5.91 Å². The normalized spacial score (nSPS) is 11.2. The van der Waals surface area contributed by atoms with E-state index < -0.39 is 0 Å². The maximum atomic E-state index is 11.6. The van der Waals surface area contributed by atoms with Crippen molar-refractivity contribution < 1.29 is 4.79 Å². The number of carbonyl (C=O) groups excluding carboxylic acids is 1. The zero-order valence-electron chi connectivity index (χ0n) is 13.3. The second kappa shape index (κ2) is 7.93. The summed E-state index contributed by atoms with van der Waals surface area (Å²) in [5.41, 5.74) is 2.51. The van der Waals surface area contributed by atoms with Gasteiger partial charge in [0.05, 0.1) is 0 Å².